The summed E-state index contributed by atoms with van der Waals surface area (Å²) < 4.78 is 4.89. The summed E-state index contributed by atoms with van der Waals surface area (Å²) in [6.07, 6.45) is 4.21. The van der Waals surface area contributed by atoms with Crippen molar-refractivity contribution in [2.75, 3.05) is 23.3 Å². The predicted octanol–water partition coefficient (Wildman–Crippen LogP) is 2.30. The molecule has 1 saturated heterocycles. The van der Waals surface area contributed by atoms with Gasteiger partial charge in [-0.2, -0.15) is 0 Å². The van der Waals surface area contributed by atoms with Gasteiger partial charge in [0.25, 0.3) is 0 Å². The Hall–Kier alpha value is -2.57. The molecule has 3 rings (SSSR count). The highest BCUT2D eigenvalue weighted by atomic mass is 16.5. The molecule has 2 amide bonds. The van der Waals surface area contributed by atoms with Crippen LogP contribution in [0.15, 0.2) is 28.9 Å². The van der Waals surface area contributed by atoms with Gasteiger partial charge in [0.05, 0.1) is 0 Å². The molecule has 1 fully saturated rings. The summed E-state index contributed by atoms with van der Waals surface area (Å²) in [5, 5.41) is 9.13. The third-order valence-corrected chi connectivity index (χ3v) is 3.56. The van der Waals surface area contributed by atoms with Gasteiger partial charge in [0.15, 0.2) is 5.82 Å². The Balaban J connectivity index is 1.54. The van der Waals surface area contributed by atoms with Gasteiger partial charge < -0.3 is 14.7 Å². The number of nitrogens with one attached hydrogen (secondary N) is 2. The SMILES string of the molecule is Cc1cc(NC(=O)NCc2ccnc(N3CCCC3)c2)no1. The molecule has 1 aliphatic rings. The molecule has 7 nitrogen and oxygen atoms in total. The zero-order chi connectivity index (χ0) is 15.4. The number of carbonyl (C=O) groups excluding carboxylic acids is 1. The third-order valence-electron chi connectivity index (χ3n) is 3.56. The van der Waals surface area contributed by atoms with E-state index in [1.807, 2.05) is 12.1 Å². The van der Waals surface area contributed by atoms with E-state index in [2.05, 4.69) is 25.7 Å². The van der Waals surface area contributed by atoms with Crippen molar-refractivity contribution >= 4 is 17.7 Å². The number of nitrogens with zero attached hydrogens (tertiary/aromatic N) is 3. The van der Waals surface area contributed by atoms with E-state index in [-0.39, 0.29) is 6.03 Å². The summed E-state index contributed by atoms with van der Waals surface area (Å²) in [6.45, 7) is 4.31. The summed E-state index contributed by atoms with van der Waals surface area (Å²) >= 11 is 0. The predicted molar refractivity (Wildman–Crippen MR) is 82.8 cm³/mol. The Morgan fingerprint density at radius 3 is 2.91 bits per heavy atom. The smallest absolute Gasteiger partial charge is 0.320 e. The van der Waals surface area contributed by atoms with Crippen molar-refractivity contribution in [3.63, 3.8) is 0 Å². The lowest BCUT2D eigenvalue weighted by Crippen LogP contribution is -2.28. The molecule has 0 unspecified atom stereocenters. The molecule has 116 valence electrons. The molecule has 0 atom stereocenters. The number of amides is 2. The van der Waals surface area contributed by atoms with Gasteiger partial charge in [-0.15, -0.1) is 0 Å². The van der Waals surface area contributed by atoms with E-state index in [9.17, 15) is 4.79 Å². The van der Waals surface area contributed by atoms with Crippen LogP contribution in [-0.2, 0) is 6.54 Å². The number of aryl methyl sites for hydroxylation is 1. The van der Waals surface area contributed by atoms with Crippen LogP contribution in [0, 0.1) is 6.92 Å². The van der Waals surface area contributed by atoms with E-state index >= 15 is 0 Å². The molecule has 2 aromatic rings. The number of hydrogen-bond donors (Lipinski definition) is 2. The van der Waals surface area contributed by atoms with Crippen LogP contribution in [-0.4, -0.2) is 29.3 Å². The van der Waals surface area contributed by atoms with E-state index in [1.54, 1.807) is 19.2 Å². The minimum Gasteiger partial charge on any atom is -0.360 e. The average molecular weight is 301 g/mol. The molecule has 0 radical (unpaired) electrons. The molecule has 22 heavy (non-hydrogen) atoms. The summed E-state index contributed by atoms with van der Waals surface area (Å²) in [6, 6.07) is 5.27. The largest absolute Gasteiger partial charge is 0.360 e. The topological polar surface area (TPSA) is 83.3 Å². The summed E-state index contributed by atoms with van der Waals surface area (Å²) in [5.74, 6) is 2.03. The third kappa shape index (κ3) is 3.55. The minimum atomic E-state index is -0.312. The number of rotatable bonds is 4. The second kappa shape index (κ2) is 6.46. The maximum absolute atomic E-state index is 11.8. The minimum absolute atomic E-state index is 0.312. The van der Waals surface area contributed by atoms with Crippen molar-refractivity contribution in [1.82, 2.24) is 15.5 Å². The van der Waals surface area contributed by atoms with Crippen LogP contribution in [0.3, 0.4) is 0 Å². The van der Waals surface area contributed by atoms with E-state index in [1.165, 1.54) is 12.8 Å². The molecule has 2 N–H and O–H groups in total. The number of anilines is 2. The lowest BCUT2D eigenvalue weighted by molar-refractivity contribution is 0.251. The van der Waals surface area contributed by atoms with Gasteiger partial charge in [0.1, 0.15) is 11.6 Å². The van der Waals surface area contributed by atoms with Gasteiger partial charge in [-0.3, -0.25) is 5.32 Å². The first-order valence-electron chi connectivity index (χ1n) is 7.39. The molecule has 7 heteroatoms. The number of urea groups is 1. The summed E-state index contributed by atoms with van der Waals surface area (Å²) in [4.78, 5) is 18.5. The Morgan fingerprint density at radius 1 is 1.36 bits per heavy atom. The molecule has 0 saturated carbocycles. The van der Waals surface area contributed by atoms with E-state index in [4.69, 9.17) is 4.52 Å². The number of hydrogen-bond acceptors (Lipinski definition) is 5. The van der Waals surface area contributed by atoms with Crippen molar-refractivity contribution in [2.24, 2.45) is 0 Å². The lowest BCUT2D eigenvalue weighted by atomic mass is 10.2. The monoisotopic (exact) mass is 301 g/mol. The molecule has 0 spiro atoms. The standard InChI is InChI=1S/C15H19N5O2/c1-11-8-13(19-22-11)18-15(21)17-10-12-4-5-16-14(9-12)20-6-2-3-7-20/h4-5,8-9H,2-3,6-7,10H2,1H3,(H2,17,18,19,21). The highest BCUT2D eigenvalue weighted by molar-refractivity contribution is 5.88. The lowest BCUT2D eigenvalue weighted by Gasteiger charge is -2.16. The summed E-state index contributed by atoms with van der Waals surface area (Å²) in [7, 11) is 0. The molecular formula is C15H19N5O2. The van der Waals surface area contributed by atoms with Crippen molar-refractivity contribution in [2.45, 2.75) is 26.3 Å². The molecule has 0 bridgehead atoms. The molecule has 2 aromatic heterocycles. The van der Waals surface area contributed by atoms with Crippen molar-refractivity contribution in [1.29, 1.82) is 0 Å². The first-order chi connectivity index (χ1) is 10.7. The molecule has 0 aliphatic carbocycles. The Labute approximate surface area is 128 Å². The van der Waals surface area contributed by atoms with Crippen LogP contribution in [0.5, 0.6) is 0 Å². The van der Waals surface area contributed by atoms with Gasteiger partial charge in [0, 0.05) is 31.9 Å². The van der Waals surface area contributed by atoms with Gasteiger partial charge in [0.2, 0.25) is 0 Å². The fourth-order valence-corrected chi connectivity index (χ4v) is 2.46. The normalized spacial score (nSPS) is 14.1. The highest BCUT2D eigenvalue weighted by Gasteiger charge is 2.13. The van der Waals surface area contributed by atoms with Crippen molar-refractivity contribution in [3.8, 4) is 0 Å². The Morgan fingerprint density at radius 2 is 2.18 bits per heavy atom. The second-order valence-corrected chi connectivity index (χ2v) is 5.35. The van der Waals surface area contributed by atoms with Crippen molar-refractivity contribution in [3.05, 3.63) is 35.7 Å². The fourth-order valence-electron chi connectivity index (χ4n) is 2.46. The van der Waals surface area contributed by atoms with E-state index < -0.39 is 0 Å². The van der Waals surface area contributed by atoms with E-state index in [0.29, 0.717) is 18.1 Å². The van der Waals surface area contributed by atoms with Crippen LogP contribution in [0.2, 0.25) is 0 Å². The van der Waals surface area contributed by atoms with E-state index in [0.717, 1.165) is 24.5 Å². The second-order valence-electron chi connectivity index (χ2n) is 5.35. The Bertz CT molecular complexity index is 649. The van der Waals surface area contributed by atoms with Crippen LogP contribution < -0.4 is 15.5 Å². The fraction of sp³-hybridized carbons (Fsp3) is 0.400. The quantitative estimate of drug-likeness (QED) is 0.905. The van der Waals surface area contributed by atoms with Crippen molar-refractivity contribution < 1.29 is 9.32 Å². The number of aromatic nitrogens is 2. The first-order valence-corrected chi connectivity index (χ1v) is 7.39. The van der Waals surface area contributed by atoms with Gasteiger partial charge in [-0.1, -0.05) is 5.16 Å². The number of pyridine rings is 1. The first kappa shape index (κ1) is 14.4. The zero-order valence-corrected chi connectivity index (χ0v) is 12.5. The molecule has 3 heterocycles. The Kier molecular flexibility index (Phi) is 4.22. The molecular weight excluding hydrogens is 282 g/mol. The highest BCUT2D eigenvalue weighted by Crippen LogP contribution is 2.18. The average Bonchev–Trinajstić information content (AvgIpc) is 3.17. The summed E-state index contributed by atoms with van der Waals surface area (Å²) in [5.41, 5.74) is 1.02. The van der Waals surface area contributed by atoms with Crippen LogP contribution in [0.25, 0.3) is 0 Å². The molecule has 1 aliphatic heterocycles. The van der Waals surface area contributed by atoms with Crippen LogP contribution in [0.1, 0.15) is 24.2 Å². The van der Waals surface area contributed by atoms with Gasteiger partial charge in [-0.05, 0) is 37.5 Å². The maximum atomic E-state index is 11.8. The zero-order valence-electron chi connectivity index (χ0n) is 12.5. The maximum Gasteiger partial charge on any atom is 0.320 e. The van der Waals surface area contributed by atoms with Crippen LogP contribution in [0.4, 0.5) is 16.4 Å². The van der Waals surface area contributed by atoms with Gasteiger partial charge >= 0.3 is 6.03 Å². The van der Waals surface area contributed by atoms with Gasteiger partial charge in [-0.25, -0.2) is 9.78 Å². The molecule has 0 aromatic carbocycles. The van der Waals surface area contributed by atoms with Crippen LogP contribution >= 0.6 is 0 Å². The number of carbonyl (C=O) groups is 1.